The Morgan fingerprint density at radius 2 is 1.79 bits per heavy atom. The van der Waals surface area contributed by atoms with Crippen molar-refractivity contribution in [1.82, 2.24) is 5.32 Å². The van der Waals surface area contributed by atoms with Gasteiger partial charge in [-0.2, -0.15) is 8.42 Å². The third kappa shape index (κ3) is 15.1. The largest absolute Gasteiger partial charge is 0.479 e. The second-order valence-corrected chi connectivity index (χ2v) is 6.49. The highest BCUT2D eigenvalue weighted by molar-refractivity contribution is 7.85. The van der Waals surface area contributed by atoms with Crippen molar-refractivity contribution in [3.63, 3.8) is 0 Å². The van der Waals surface area contributed by atoms with Gasteiger partial charge in [0, 0.05) is 0 Å². The van der Waals surface area contributed by atoms with Crippen molar-refractivity contribution in [3.8, 4) is 0 Å². The zero-order valence-corrected chi connectivity index (χ0v) is 12.6. The summed E-state index contributed by atoms with van der Waals surface area (Å²) in [5, 5.41) is 10.1. The first-order valence-electron chi connectivity index (χ1n) is 4.71. The van der Waals surface area contributed by atoms with Gasteiger partial charge in [0.2, 0.25) is 10.7 Å². The highest BCUT2D eigenvalue weighted by atomic mass is 35.5. The summed E-state index contributed by atoms with van der Waals surface area (Å²) in [7, 11) is -4.08. The Kier molecular flexibility index (Phi) is 9.02. The average Bonchev–Trinajstić information content (AvgIpc) is 2.13. The number of carboxylic acid groups (broad SMARTS) is 1. The fourth-order valence-electron chi connectivity index (χ4n) is 0.877. The number of amides is 1. The number of aliphatic carboxylic acids is 1. The Hall–Kier alpha value is -0.830. The Morgan fingerprint density at radius 3 is 2.00 bits per heavy atom. The summed E-state index contributed by atoms with van der Waals surface area (Å²) in [6.07, 6.45) is 1.03. The van der Waals surface area contributed by atoms with E-state index in [0.717, 1.165) is 6.08 Å². The molecule has 0 spiro atoms. The molecule has 1 amide bonds. The van der Waals surface area contributed by atoms with E-state index in [1.807, 2.05) is 0 Å². The van der Waals surface area contributed by atoms with Gasteiger partial charge in [0.25, 0.3) is 10.1 Å². The Labute approximate surface area is 121 Å². The van der Waals surface area contributed by atoms with Crippen LogP contribution in [0.5, 0.6) is 0 Å². The molecule has 0 heterocycles. The minimum atomic E-state index is -4.08. The molecule has 0 aromatic rings. The van der Waals surface area contributed by atoms with E-state index in [1.54, 1.807) is 0 Å². The molecule has 0 unspecified atom stereocenters. The predicted octanol–water partition coefficient (Wildman–Crippen LogP) is 0.830. The van der Waals surface area contributed by atoms with Gasteiger partial charge >= 0.3 is 5.97 Å². The molecule has 19 heavy (non-hydrogen) atoms. The average molecular weight is 336 g/mol. The lowest BCUT2D eigenvalue weighted by Gasteiger charge is -2.23. The van der Waals surface area contributed by atoms with E-state index < -0.39 is 38.1 Å². The molecule has 0 bridgehead atoms. The second kappa shape index (κ2) is 8.36. The number of alkyl halides is 2. The summed E-state index contributed by atoms with van der Waals surface area (Å²) in [5.74, 6) is -2.22. The Morgan fingerprint density at radius 1 is 1.42 bits per heavy atom. The first-order chi connectivity index (χ1) is 8.30. The number of hydrogen-bond donors (Lipinski definition) is 3. The van der Waals surface area contributed by atoms with Crippen molar-refractivity contribution in [2.75, 3.05) is 5.75 Å². The molecule has 0 radical (unpaired) electrons. The number of carbonyl (C=O) groups excluding carboxylic acids is 1. The highest BCUT2D eigenvalue weighted by Gasteiger charge is 2.25. The topological polar surface area (TPSA) is 121 Å². The molecule has 3 N–H and O–H groups in total. The number of nitrogens with one attached hydrogen (secondary N) is 1. The first kappa shape index (κ1) is 20.5. The monoisotopic (exact) mass is 335 g/mol. The van der Waals surface area contributed by atoms with Gasteiger partial charge in [0.15, 0.2) is 0 Å². The van der Waals surface area contributed by atoms with Gasteiger partial charge in [0.05, 0.1) is 11.3 Å². The fraction of sp³-hybridized carbons (Fsp3) is 0.556. The minimum absolute atomic E-state index is 0.478. The molecule has 0 rings (SSSR count). The molecule has 0 fully saturated rings. The third-order valence-corrected chi connectivity index (χ3v) is 2.84. The number of rotatable bonds is 5. The lowest BCUT2D eigenvalue weighted by molar-refractivity contribution is -0.135. The van der Waals surface area contributed by atoms with E-state index >= 15 is 0 Å². The fourth-order valence-corrected chi connectivity index (χ4v) is 1.86. The molecular weight excluding hydrogens is 321 g/mol. The van der Waals surface area contributed by atoms with Gasteiger partial charge in [-0.15, -0.1) is 0 Å². The molecular formula is C9H15Cl2NO6S. The van der Waals surface area contributed by atoms with Crippen LogP contribution in [-0.4, -0.2) is 46.1 Å². The molecule has 112 valence electrons. The summed E-state index contributed by atoms with van der Waals surface area (Å²) < 4.78 is 29.5. The van der Waals surface area contributed by atoms with Crippen LogP contribution in [0.3, 0.4) is 0 Å². The van der Waals surface area contributed by atoms with Crippen LogP contribution in [0, 0.1) is 0 Å². The maximum atomic E-state index is 10.8. The van der Waals surface area contributed by atoms with Crippen LogP contribution in [0.1, 0.15) is 13.8 Å². The number of carbonyl (C=O) groups is 2. The summed E-state index contributed by atoms with van der Waals surface area (Å²) >= 11 is 9.56. The van der Waals surface area contributed by atoms with Crippen LogP contribution in [0.4, 0.5) is 0 Å². The van der Waals surface area contributed by atoms with E-state index in [4.69, 9.17) is 32.9 Å². The van der Waals surface area contributed by atoms with Gasteiger partial charge in [-0.1, -0.05) is 29.8 Å². The summed E-state index contributed by atoms with van der Waals surface area (Å²) in [6, 6.07) is 0. The lowest BCUT2D eigenvalue weighted by Crippen LogP contribution is -2.47. The molecule has 0 aromatic heterocycles. The van der Waals surface area contributed by atoms with Crippen molar-refractivity contribution < 1.29 is 27.7 Å². The van der Waals surface area contributed by atoms with Gasteiger partial charge in [-0.05, 0) is 19.9 Å². The van der Waals surface area contributed by atoms with Crippen LogP contribution < -0.4 is 5.32 Å². The van der Waals surface area contributed by atoms with Crippen LogP contribution in [0.25, 0.3) is 0 Å². The van der Waals surface area contributed by atoms with Gasteiger partial charge < -0.3 is 10.4 Å². The summed E-state index contributed by atoms with van der Waals surface area (Å²) in [4.78, 5) is 19.0. The van der Waals surface area contributed by atoms with Crippen molar-refractivity contribution in [2.24, 2.45) is 0 Å². The lowest BCUT2D eigenvalue weighted by atomic mass is 10.1. The smallest absolute Gasteiger partial charge is 0.337 e. The third-order valence-electron chi connectivity index (χ3n) is 1.38. The molecule has 0 aliphatic rings. The van der Waals surface area contributed by atoms with Gasteiger partial charge in [0.1, 0.15) is 0 Å². The minimum Gasteiger partial charge on any atom is -0.479 e. The molecule has 0 saturated heterocycles. The maximum Gasteiger partial charge on any atom is 0.337 e. The van der Waals surface area contributed by atoms with Crippen molar-refractivity contribution in [1.29, 1.82) is 0 Å². The normalized spacial score (nSPS) is 11.3. The van der Waals surface area contributed by atoms with E-state index in [-0.39, 0.29) is 0 Å². The molecule has 7 nitrogen and oxygen atoms in total. The molecule has 0 atom stereocenters. The predicted molar refractivity (Wildman–Crippen MR) is 72.0 cm³/mol. The summed E-state index contributed by atoms with van der Waals surface area (Å²) in [6.45, 7) is 6.19. The Bertz CT molecular complexity index is 432. The summed E-state index contributed by atoms with van der Waals surface area (Å²) in [5.41, 5.74) is -1.00. The molecule has 0 saturated carbocycles. The Balaban J connectivity index is 0. The van der Waals surface area contributed by atoms with E-state index in [9.17, 15) is 18.0 Å². The number of carboxylic acids is 1. The molecule has 0 aliphatic carbocycles. The number of hydrogen-bond acceptors (Lipinski definition) is 4. The quantitative estimate of drug-likeness (QED) is 0.388. The maximum absolute atomic E-state index is 10.8. The highest BCUT2D eigenvalue weighted by Crippen LogP contribution is 2.05. The molecule has 10 heteroatoms. The zero-order chi connectivity index (χ0) is 15.9. The number of halogens is 2. The molecule has 0 aromatic carbocycles. The van der Waals surface area contributed by atoms with Crippen molar-refractivity contribution >= 4 is 45.2 Å². The van der Waals surface area contributed by atoms with Crippen molar-refractivity contribution in [3.05, 3.63) is 12.7 Å². The van der Waals surface area contributed by atoms with E-state index in [1.165, 1.54) is 13.8 Å². The second-order valence-electron chi connectivity index (χ2n) is 3.94. The van der Waals surface area contributed by atoms with E-state index in [0.29, 0.717) is 0 Å². The van der Waals surface area contributed by atoms with Crippen LogP contribution in [0.15, 0.2) is 12.7 Å². The van der Waals surface area contributed by atoms with Gasteiger partial charge in [-0.25, -0.2) is 4.79 Å². The van der Waals surface area contributed by atoms with Crippen LogP contribution >= 0.6 is 23.2 Å². The first-order valence-corrected chi connectivity index (χ1v) is 7.19. The van der Waals surface area contributed by atoms with E-state index in [2.05, 4.69) is 11.9 Å². The van der Waals surface area contributed by atoms with Crippen LogP contribution in [-0.2, 0) is 19.7 Å². The van der Waals surface area contributed by atoms with Crippen molar-refractivity contribution in [2.45, 2.75) is 24.2 Å². The zero-order valence-electron chi connectivity index (χ0n) is 10.3. The SMILES string of the molecule is C=CC(=O)NC(C)(C)CS(=O)(=O)O.O=C(O)C(Cl)Cl. The standard InChI is InChI=1S/C7H13NO4S.C2H2Cl2O2/c1-4-6(9)8-7(2,3)5-13(10,11)12;3-1(4)2(5)6/h4H,1,5H2,2-3H3,(H,8,9)(H,10,11,12);1H,(H,5,6). The molecule has 0 aliphatic heterocycles. The van der Waals surface area contributed by atoms with Crippen LogP contribution in [0.2, 0.25) is 0 Å². The van der Waals surface area contributed by atoms with Gasteiger partial charge in [-0.3, -0.25) is 9.35 Å².